The fourth-order valence-electron chi connectivity index (χ4n) is 3.09. The van der Waals surface area contributed by atoms with Crippen molar-refractivity contribution >= 4 is 0 Å². The van der Waals surface area contributed by atoms with E-state index in [4.69, 9.17) is 0 Å². The van der Waals surface area contributed by atoms with Crippen LogP contribution in [0, 0.1) is 11.3 Å². The molecule has 0 spiro atoms. The molecule has 1 aliphatic heterocycles. The second-order valence-corrected chi connectivity index (χ2v) is 6.95. The summed E-state index contributed by atoms with van der Waals surface area (Å²) in [6, 6.07) is 3.51. The number of nitriles is 1. The van der Waals surface area contributed by atoms with Crippen LogP contribution in [-0.2, 0) is 0 Å². The van der Waals surface area contributed by atoms with Gasteiger partial charge in [0.1, 0.15) is 5.54 Å². The summed E-state index contributed by atoms with van der Waals surface area (Å²) in [5.74, 6) is 0. The maximum Gasteiger partial charge on any atom is 0.105 e. The van der Waals surface area contributed by atoms with Gasteiger partial charge in [-0.1, -0.05) is 0 Å². The summed E-state index contributed by atoms with van der Waals surface area (Å²) >= 11 is 0. The quantitative estimate of drug-likeness (QED) is 0.735. The molecule has 2 atom stereocenters. The van der Waals surface area contributed by atoms with Gasteiger partial charge in [-0.25, -0.2) is 0 Å². The number of nitrogens with one attached hydrogen (secondary N) is 1. The van der Waals surface area contributed by atoms with Crippen molar-refractivity contribution in [1.29, 1.82) is 5.26 Å². The van der Waals surface area contributed by atoms with Gasteiger partial charge in [-0.05, 0) is 66.1 Å². The van der Waals surface area contributed by atoms with Gasteiger partial charge in [0.25, 0.3) is 0 Å². The van der Waals surface area contributed by atoms with Crippen molar-refractivity contribution < 1.29 is 0 Å². The average Bonchev–Trinajstić information content (AvgIpc) is 3.07. The van der Waals surface area contributed by atoms with E-state index in [9.17, 15) is 5.26 Å². The van der Waals surface area contributed by atoms with Crippen molar-refractivity contribution in [3.05, 3.63) is 0 Å². The van der Waals surface area contributed by atoms with Crippen molar-refractivity contribution in [2.24, 2.45) is 0 Å². The molecule has 1 aliphatic carbocycles. The van der Waals surface area contributed by atoms with Gasteiger partial charge in [-0.2, -0.15) is 5.26 Å². The summed E-state index contributed by atoms with van der Waals surface area (Å²) in [6.07, 6.45) is 6.08. The minimum Gasteiger partial charge on any atom is -0.302 e. The van der Waals surface area contributed by atoms with Crippen LogP contribution in [0.1, 0.15) is 46.0 Å². The number of nitrogens with zero attached hydrogens (tertiary/aromatic N) is 3. The standard InChI is InChI=1S/C16H30N4/c1-14(12-16(2,13-17)18-15-6-7-15)19(3)10-11-20-8-4-5-9-20/h14-15,18H,4-12H2,1-3H3. The van der Waals surface area contributed by atoms with Crippen LogP contribution in [0.4, 0.5) is 0 Å². The molecule has 0 aromatic heterocycles. The van der Waals surface area contributed by atoms with Gasteiger partial charge in [0, 0.05) is 25.2 Å². The van der Waals surface area contributed by atoms with Crippen molar-refractivity contribution in [2.75, 3.05) is 33.2 Å². The lowest BCUT2D eigenvalue weighted by Gasteiger charge is -2.32. The highest BCUT2D eigenvalue weighted by molar-refractivity contribution is 5.08. The van der Waals surface area contributed by atoms with Gasteiger partial charge in [-0.15, -0.1) is 0 Å². The minimum absolute atomic E-state index is 0.373. The van der Waals surface area contributed by atoms with Crippen molar-refractivity contribution in [2.45, 2.75) is 63.6 Å². The molecule has 20 heavy (non-hydrogen) atoms. The van der Waals surface area contributed by atoms with Gasteiger partial charge < -0.3 is 9.80 Å². The molecule has 2 rings (SSSR count). The number of hydrogen-bond acceptors (Lipinski definition) is 4. The van der Waals surface area contributed by atoms with Crippen LogP contribution in [0.25, 0.3) is 0 Å². The molecule has 4 heteroatoms. The molecule has 1 saturated carbocycles. The van der Waals surface area contributed by atoms with Crippen LogP contribution >= 0.6 is 0 Å². The highest BCUT2D eigenvalue weighted by Gasteiger charge is 2.34. The topological polar surface area (TPSA) is 42.3 Å². The number of rotatable bonds is 8. The molecule has 2 fully saturated rings. The molecule has 2 aliphatic rings. The zero-order valence-electron chi connectivity index (χ0n) is 13.4. The maximum absolute atomic E-state index is 9.46. The predicted molar refractivity (Wildman–Crippen MR) is 82.6 cm³/mol. The smallest absolute Gasteiger partial charge is 0.105 e. The number of likely N-dealkylation sites (N-methyl/N-ethyl adjacent to an activating group) is 1. The summed E-state index contributed by atoms with van der Waals surface area (Å²) in [7, 11) is 2.19. The molecule has 0 aromatic rings. The lowest BCUT2D eigenvalue weighted by atomic mass is 9.94. The van der Waals surface area contributed by atoms with Crippen LogP contribution < -0.4 is 5.32 Å². The Bertz CT molecular complexity index is 341. The van der Waals surface area contributed by atoms with E-state index in [1.54, 1.807) is 0 Å². The third kappa shape index (κ3) is 4.73. The molecule has 2 unspecified atom stereocenters. The maximum atomic E-state index is 9.46. The SMILES string of the molecule is CC(CC(C)(C#N)NC1CC1)N(C)CCN1CCCC1. The fraction of sp³-hybridized carbons (Fsp3) is 0.938. The van der Waals surface area contributed by atoms with Gasteiger partial charge in [0.2, 0.25) is 0 Å². The van der Waals surface area contributed by atoms with Crippen LogP contribution in [0.15, 0.2) is 0 Å². The molecule has 4 nitrogen and oxygen atoms in total. The van der Waals surface area contributed by atoms with Crippen LogP contribution in [-0.4, -0.2) is 60.6 Å². The molecule has 114 valence electrons. The molecule has 1 saturated heterocycles. The monoisotopic (exact) mass is 278 g/mol. The average molecular weight is 278 g/mol. The minimum atomic E-state index is -0.373. The van der Waals surface area contributed by atoms with E-state index in [1.165, 1.54) is 45.3 Å². The van der Waals surface area contributed by atoms with Gasteiger partial charge >= 0.3 is 0 Å². The first-order valence-corrected chi connectivity index (χ1v) is 8.14. The Morgan fingerprint density at radius 1 is 1.40 bits per heavy atom. The Kier molecular flexibility index (Phi) is 5.42. The molecule has 0 radical (unpaired) electrons. The molecular weight excluding hydrogens is 248 g/mol. The van der Waals surface area contributed by atoms with E-state index >= 15 is 0 Å². The summed E-state index contributed by atoms with van der Waals surface area (Å²) in [5.41, 5.74) is -0.373. The number of hydrogen-bond donors (Lipinski definition) is 1. The van der Waals surface area contributed by atoms with E-state index in [1.807, 2.05) is 0 Å². The van der Waals surface area contributed by atoms with Crippen molar-refractivity contribution in [1.82, 2.24) is 15.1 Å². The third-order valence-electron chi connectivity index (χ3n) is 4.77. The van der Waals surface area contributed by atoms with Gasteiger partial charge in [0.05, 0.1) is 6.07 Å². The Morgan fingerprint density at radius 3 is 2.60 bits per heavy atom. The molecule has 0 bridgehead atoms. The molecule has 0 aromatic carbocycles. The normalized spacial score (nSPS) is 24.6. The molecular formula is C16H30N4. The van der Waals surface area contributed by atoms with Crippen LogP contribution in [0.3, 0.4) is 0 Å². The Hall–Kier alpha value is -0.630. The molecule has 1 heterocycles. The number of likely N-dealkylation sites (tertiary alicyclic amines) is 1. The zero-order chi connectivity index (χ0) is 14.6. The highest BCUT2D eigenvalue weighted by atomic mass is 15.2. The van der Waals surface area contributed by atoms with Crippen LogP contribution in [0.5, 0.6) is 0 Å². The van der Waals surface area contributed by atoms with E-state index < -0.39 is 0 Å². The van der Waals surface area contributed by atoms with Gasteiger partial charge in [0.15, 0.2) is 0 Å². The van der Waals surface area contributed by atoms with Crippen molar-refractivity contribution in [3.8, 4) is 6.07 Å². The van der Waals surface area contributed by atoms with Crippen molar-refractivity contribution in [3.63, 3.8) is 0 Å². The first-order chi connectivity index (χ1) is 9.52. The lowest BCUT2D eigenvalue weighted by molar-refractivity contribution is 0.187. The predicted octanol–water partition coefficient (Wildman–Crippen LogP) is 1.83. The first-order valence-electron chi connectivity index (χ1n) is 8.14. The zero-order valence-corrected chi connectivity index (χ0v) is 13.4. The van der Waals surface area contributed by atoms with E-state index in [-0.39, 0.29) is 5.54 Å². The summed E-state index contributed by atoms with van der Waals surface area (Å²) in [5, 5.41) is 13.0. The summed E-state index contributed by atoms with van der Waals surface area (Å²) < 4.78 is 0. The molecule has 0 amide bonds. The Balaban J connectivity index is 1.73. The van der Waals surface area contributed by atoms with E-state index in [0.717, 1.165) is 13.0 Å². The lowest BCUT2D eigenvalue weighted by Crippen LogP contribution is -2.48. The highest BCUT2D eigenvalue weighted by Crippen LogP contribution is 2.25. The van der Waals surface area contributed by atoms with Crippen LogP contribution in [0.2, 0.25) is 0 Å². The van der Waals surface area contributed by atoms with Gasteiger partial charge in [-0.3, -0.25) is 5.32 Å². The van der Waals surface area contributed by atoms with E-state index in [2.05, 4.69) is 42.1 Å². The Morgan fingerprint density at radius 2 is 2.05 bits per heavy atom. The Labute approximate surface area is 124 Å². The second kappa shape index (κ2) is 6.89. The largest absolute Gasteiger partial charge is 0.302 e. The third-order valence-corrected chi connectivity index (χ3v) is 4.77. The first kappa shape index (κ1) is 15.8. The fourth-order valence-corrected chi connectivity index (χ4v) is 3.09. The second-order valence-electron chi connectivity index (χ2n) is 6.95. The summed E-state index contributed by atoms with van der Waals surface area (Å²) in [6.45, 7) is 9.10. The van der Waals surface area contributed by atoms with E-state index in [0.29, 0.717) is 12.1 Å². The molecule has 1 N–H and O–H groups in total. The summed E-state index contributed by atoms with van der Waals surface area (Å²) in [4.78, 5) is 4.96.